The third kappa shape index (κ3) is 4.91. The van der Waals surface area contributed by atoms with Crippen molar-refractivity contribution in [2.45, 2.75) is 25.8 Å². The maximum Gasteiger partial charge on any atom is 0.262 e. The first-order valence-corrected chi connectivity index (χ1v) is 10.4. The van der Waals surface area contributed by atoms with Crippen molar-refractivity contribution in [3.05, 3.63) is 58.9 Å². The second-order valence-electron chi connectivity index (χ2n) is 7.22. The molecule has 0 bridgehead atoms. The maximum absolute atomic E-state index is 13.2. The Kier molecular flexibility index (Phi) is 7.29. The highest BCUT2D eigenvalue weighted by atomic mass is 35.5. The van der Waals surface area contributed by atoms with E-state index >= 15 is 0 Å². The molecule has 0 saturated carbocycles. The van der Waals surface area contributed by atoms with Gasteiger partial charge in [0.15, 0.2) is 0 Å². The van der Waals surface area contributed by atoms with Gasteiger partial charge in [-0.25, -0.2) is 5.01 Å². The summed E-state index contributed by atoms with van der Waals surface area (Å²) in [4.78, 5) is 27.1. The van der Waals surface area contributed by atoms with E-state index in [0.717, 1.165) is 17.0 Å². The van der Waals surface area contributed by atoms with Crippen LogP contribution in [0.25, 0.3) is 0 Å². The van der Waals surface area contributed by atoms with Gasteiger partial charge in [-0.2, -0.15) is 5.10 Å². The zero-order valence-electron chi connectivity index (χ0n) is 17.5. The summed E-state index contributed by atoms with van der Waals surface area (Å²) in [5.41, 5.74) is 2.75. The van der Waals surface area contributed by atoms with Crippen LogP contribution in [-0.4, -0.2) is 58.8 Å². The van der Waals surface area contributed by atoms with Gasteiger partial charge >= 0.3 is 0 Å². The average Bonchev–Trinajstić information content (AvgIpc) is 3.37. The minimum Gasteiger partial charge on any atom is -0.383 e. The number of amides is 2. The Hall–Kier alpha value is -2.64. The van der Waals surface area contributed by atoms with E-state index in [1.807, 2.05) is 54.2 Å². The summed E-state index contributed by atoms with van der Waals surface area (Å²) >= 11 is 6.05. The van der Waals surface area contributed by atoms with E-state index in [1.165, 1.54) is 9.91 Å². The highest BCUT2D eigenvalue weighted by Gasteiger charge is 2.34. The molecule has 0 radical (unpaired) electrons. The predicted molar refractivity (Wildman–Crippen MR) is 116 cm³/mol. The Morgan fingerprint density at radius 2 is 2.00 bits per heavy atom. The highest BCUT2D eigenvalue weighted by molar-refractivity contribution is 6.30. The van der Waals surface area contributed by atoms with Gasteiger partial charge in [-0.3, -0.25) is 9.59 Å². The molecule has 8 heteroatoms. The number of hydrogen-bond acceptors (Lipinski definition) is 4. The van der Waals surface area contributed by atoms with Gasteiger partial charge in [0, 0.05) is 44.8 Å². The van der Waals surface area contributed by atoms with E-state index in [1.54, 1.807) is 14.0 Å². The maximum atomic E-state index is 13.2. The van der Waals surface area contributed by atoms with Crippen LogP contribution in [0, 0.1) is 0 Å². The van der Waals surface area contributed by atoms with Gasteiger partial charge in [0.1, 0.15) is 6.54 Å². The van der Waals surface area contributed by atoms with Gasteiger partial charge in [0.2, 0.25) is 5.91 Å². The molecule has 1 atom stereocenters. The molecular formula is C22H27ClN4O3. The van der Waals surface area contributed by atoms with Crippen LogP contribution >= 0.6 is 11.6 Å². The van der Waals surface area contributed by atoms with E-state index in [9.17, 15) is 9.59 Å². The third-order valence-electron chi connectivity index (χ3n) is 5.21. The average molecular weight is 431 g/mol. The molecule has 160 valence electrons. The number of benzene rings is 1. The number of aryl methyl sites for hydroxylation is 1. The Bertz CT molecular complexity index is 923. The number of carbonyl (C=O) groups is 2. The number of carbonyl (C=O) groups excluding carboxylic acids is 2. The first-order chi connectivity index (χ1) is 14.4. The zero-order chi connectivity index (χ0) is 21.7. The molecule has 0 aliphatic carbocycles. The van der Waals surface area contributed by atoms with Crippen molar-refractivity contribution in [3.8, 4) is 0 Å². The summed E-state index contributed by atoms with van der Waals surface area (Å²) in [5, 5.41) is 6.81. The second kappa shape index (κ2) is 9.91. The lowest BCUT2D eigenvalue weighted by Gasteiger charge is -2.26. The summed E-state index contributed by atoms with van der Waals surface area (Å²) in [6.45, 7) is 2.48. The normalized spacial score (nSPS) is 15.9. The monoisotopic (exact) mass is 430 g/mol. The number of rotatable bonds is 8. The molecule has 1 aliphatic rings. The Morgan fingerprint density at radius 3 is 2.60 bits per heavy atom. The molecule has 1 aliphatic heterocycles. The standard InChI is InChI=1S/C22H27ClN4O3/c1-4-21(28)26(12-13-30-3)15-22(29)27-20(16-7-9-17(23)10-8-16)14-18(24-27)19-6-5-11-25(19)2/h5-11,20H,4,12-15H2,1-3H3/t20-/m1/s1. The molecule has 2 aromatic rings. The van der Waals surface area contributed by atoms with E-state index in [-0.39, 0.29) is 24.4 Å². The molecule has 1 aromatic heterocycles. The first-order valence-electron chi connectivity index (χ1n) is 9.98. The van der Waals surface area contributed by atoms with Crippen molar-refractivity contribution in [1.82, 2.24) is 14.5 Å². The molecule has 0 spiro atoms. The fourth-order valence-electron chi connectivity index (χ4n) is 3.55. The van der Waals surface area contributed by atoms with Crippen molar-refractivity contribution in [2.24, 2.45) is 12.1 Å². The van der Waals surface area contributed by atoms with Crippen LogP contribution in [0.15, 0.2) is 47.7 Å². The van der Waals surface area contributed by atoms with Crippen molar-refractivity contribution in [2.75, 3.05) is 26.8 Å². The van der Waals surface area contributed by atoms with Crippen LogP contribution in [0.2, 0.25) is 5.02 Å². The van der Waals surface area contributed by atoms with Crippen LogP contribution in [0.1, 0.15) is 37.1 Å². The number of aromatic nitrogens is 1. The predicted octanol–water partition coefficient (Wildman–Crippen LogP) is 3.24. The topological polar surface area (TPSA) is 67.1 Å². The summed E-state index contributed by atoms with van der Waals surface area (Å²) in [5.74, 6) is -0.314. The number of ether oxygens (including phenoxy) is 1. The minimum atomic E-state index is -0.249. The first kappa shape index (κ1) is 22.1. The molecule has 2 heterocycles. The molecule has 0 saturated heterocycles. The van der Waals surface area contributed by atoms with Crippen molar-refractivity contribution in [3.63, 3.8) is 0 Å². The van der Waals surface area contributed by atoms with E-state index in [4.69, 9.17) is 16.3 Å². The summed E-state index contributed by atoms with van der Waals surface area (Å²) in [6, 6.07) is 11.1. The van der Waals surface area contributed by atoms with Crippen molar-refractivity contribution >= 4 is 29.1 Å². The molecule has 7 nitrogen and oxygen atoms in total. The molecule has 1 aromatic carbocycles. The van der Waals surface area contributed by atoms with E-state index < -0.39 is 0 Å². The number of hydrazone groups is 1. The Morgan fingerprint density at radius 1 is 1.27 bits per heavy atom. The SMILES string of the molecule is CCC(=O)N(CCOC)CC(=O)N1N=C(c2cccn2C)C[C@@H]1c1ccc(Cl)cc1. The summed E-state index contributed by atoms with van der Waals surface area (Å²) in [6.07, 6.45) is 2.87. The van der Waals surface area contributed by atoms with Crippen LogP contribution in [-0.2, 0) is 21.4 Å². The van der Waals surface area contributed by atoms with Crippen molar-refractivity contribution < 1.29 is 14.3 Å². The molecule has 0 fully saturated rings. The number of hydrogen-bond donors (Lipinski definition) is 0. The minimum absolute atomic E-state index is 0.0377. The molecule has 0 unspecified atom stereocenters. The molecule has 30 heavy (non-hydrogen) atoms. The summed E-state index contributed by atoms with van der Waals surface area (Å²) < 4.78 is 7.08. The third-order valence-corrected chi connectivity index (χ3v) is 5.46. The molecule has 2 amide bonds. The van der Waals surface area contributed by atoms with Gasteiger partial charge in [-0.1, -0.05) is 30.7 Å². The van der Waals surface area contributed by atoms with Gasteiger partial charge in [0.05, 0.1) is 24.1 Å². The van der Waals surface area contributed by atoms with E-state index in [0.29, 0.717) is 31.0 Å². The fourth-order valence-corrected chi connectivity index (χ4v) is 3.68. The van der Waals surface area contributed by atoms with Gasteiger partial charge < -0.3 is 14.2 Å². The highest BCUT2D eigenvalue weighted by Crippen LogP contribution is 2.33. The molecule has 0 N–H and O–H groups in total. The Labute approximate surface area is 181 Å². The Balaban J connectivity index is 1.88. The zero-order valence-corrected chi connectivity index (χ0v) is 18.3. The van der Waals surface area contributed by atoms with Crippen molar-refractivity contribution in [1.29, 1.82) is 0 Å². The molecule has 3 rings (SSSR count). The number of halogens is 1. The number of methoxy groups -OCH3 is 1. The quantitative estimate of drug-likeness (QED) is 0.645. The lowest BCUT2D eigenvalue weighted by molar-refractivity contribution is -0.141. The van der Waals surface area contributed by atoms with Crippen LogP contribution in [0.3, 0.4) is 0 Å². The summed E-state index contributed by atoms with van der Waals surface area (Å²) in [7, 11) is 3.52. The second-order valence-corrected chi connectivity index (χ2v) is 7.66. The fraction of sp³-hybridized carbons (Fsp3) is 0.409. The number of nitrogens with zero attached hydrogens (tertiary/aromatic N) is 4. The van der Waals surface area contributed by atoms with Crippen LogP contribution in [0.4, 0.5) is 0 Å². The lowest BCUT2D eigenvalue weighted by atomic mass is 10.0. The molecular weight excluding hydrogens is 404 g/mol. The van der Waals surface area contributed by atoms with Gasteiger partial charge in [-0.15, -0.1) is 0 Å². The lowest BCUT2D eigenvalue weighted by Crippen LogP contribution is -2.42. The van der Waals surface area contributed by atoms with Gasteiger partial charge in [0.25, 0.3) is 5.91 Å². The largest absolute Gasteiger partial charge is 0.383 e. The van der Waals surface area contributed by atoms with Crippen LogP contribution < -0.4 is 0 Å². The smallest absolute Gasteiger partial charge is 0.262 e. The van der Waals surface area contributed by atoms with E-state index in [2.05, 4.69) is 5.10 Å². The van der Waals surface area contributed by atoms with Crippen LogP contribution in [0.5, 0.6) is 0 Å². The van der Waals surface area contributed by atoms with Gasteiger partial charge in [-0.05, 0) is 29.8 Å².